The number of methoxy groups -OCH3 is 1. The predicted octanol–water partition coefficient (Wildman–Crippen LogP) is 3.77. The van der Waals surface area contributed by atoms with Crippen LogP contribution in [0.15, 0.2) is 48.8 Å². The highest BCUT2D eigenvalue weighted by Gasteiger charge is 2.38. The van der Waals surface area contributed by atoms with Gasteiger partial charge < -0.3 is 15.0 Å². The fourth-order valence-electron chi connectivity index (χ4n) is 4.11. The number of ether oxygens (including phenoxy) is 1. The highest BCUT2D eigenvalue weighted by molar-refractivity contribution is 5.86. The van der Waals surface area contributed by atoms with Crippen LogP contribution in [-0.2, 0) is 17.4 Å². The minimum Gasteiger partial charge on any atom is -0.494 e. The number of nitrogens with one attached hydrogen (secondary N) is 1. The van der Waals surface area contributed by atoms with Crippen molar-refractivity contribution in [3.05, 3.63) is 65.7 Å². The van der Waals surface area contributed by atoms with Gasteiger partial charge in [-0.2, -0.15) is 18.4 Å². The standard InChI is InChI=1S/C25H23F3N6O2/c1-36-21-15-30-10-9-18(21)19-13-22(33-24(32-19)25(26,27)28)34-12-2-3-20(34)23(35)31-11-8-16-4-6-17(14-29)7-5-16/h4-7,9-10,13,15,20H,2-3,8,11-12H2,1H3,(H,31,35). The van der Waals surface area contributed by atoms with Crippen LogP contribution in [0.25, 0.3) is 11.3 Å². The molecule has 1 aliphatic heterocycles. The van der Waals surface area contributed by atoms with E-state index in [9.17, 15) is 18.0 Å². The molecular formula is C25H23F3N6O2. The van der Waals surface area contributed by atoms with E-state index in [1.165, 1.54) is 31.6 Å². The summed E-state index contributed by atoms with van der Waals surface area (Å²) in [7, 11) is 1.39. The molecule has 0 spiro atoms. The Morgan fingerprint density at radius 1 is 1.25 bits per heavy atom. The molecular weight excluding hydrogens is 473 g/mol. The first-order valence-corrected chi connectivity index (χ1v) is 11.3. The van der Waals surface area contributed by atoms with Crippen LogP contribution >= 0.6 is 0 Å². The van der Waals surface area contributed by atoms with Gasteiger partial charge in [0.2, 0.25) is 11.7 Å². The van der Waals surface area contributed by atoms with Crippen molar-refractivity contribution in [2.75, 3.05) is 25.1 Å². The molecule has 0 radical (unpaired) electrons. The number of hydrogen-bond acceptors (Lipinski definition) is 7. The van der Waals surface area contributed by atoms with E-state index in [0.717, 1.165) is 5.56 Å². The van der Waals surface area contributed by atoms with Crippen LogP contribution < -0.4 is 15.0 Å². The maximum atomic E-state index is 13.7. The third kappa shape index (κ3) is 5.54. The van der Waals surface area contributed by atoms with Gasteiger partial charge in [-0.15, -0.1) is 0 Å². The van der Waals surface area contributed by atoms with Gasteiger partial charge in [0.15, 0.2) is 0 Å². The molecule has 8 nitrogen and oxygen atoms in total. The zero-order chi connectivity index (χ0) is 25.7. The fourth-order valence-corrected chi connectivity index (χ4v) is 4.11. The summed E-state index contributed by atoms with van der Waals surface area (Å²) in [4.78, 5) is 26.0. The first-order valence-electron chi connectivity index (χ1n) is 11.3. The number of pyridine rings is 1. The number of hydrogen-bond donors (Lipinski definition) is 1. The molecule has 1 fully saturated rings. The third-order valence-electron chi connectivity index (χ3n) is 5.89. The Kier molecular flexibility index (Phi) is 7.33. The summed E-state index contributed by atoms with van der Waals surface area (Å²) < 4.78 is 46.3. The van der Waals surface area contributed by atoms with Crippen molar-refractivity contribution in [2.24, 2.45) is 0 Å². The average molecular weight is 496 g/mol. The zero-order valence-corrected chi connectivity index (χ0v) is 19.4. The van der Waals surface area contributed by atoms with Gasteiger partial charge in [-0.1, -0.05) is 12.1 Å². The molecule has 36 heavy (non-hydrogen) atoms. The Balaban J connectivity index is 1.55. The van der Waals surface area contributed by atoms with Crippen molar-refractivity contribution in [3.8, 4) is 23.1 Å². The van der Waals surface area contributed by atoms with Crippen LogP contribution in [0.5, 0.6) is 5.75 Å². The number of amides is 1. The van der Waals surface area contributed by atoms with Gasteiger partial charge in [0.25, 0.3) is 0 Å². The topological polar surface area (TPSA) is 104 Å². The molecule has 3 aromatic rings. The van der Waals surface area contributed by atoms with E-state index in [0.29, 0.717) is 43.5 Å². The summed E-state index contributed by atoms with van der Waals surface area (Å²) in [6.45, 7) is 0.737. The first kappa shape index (κ1) is 24.9. The van der Waals surface area contributed by atoms with Crippen molar-refractivity contribution >= 4 is 11.7 Å². The molecule has 0 bridgehead atoms. The molecule has 0 saturated carbocycles. The molecule has 1 aromatic carbocycles. The number of alkyl halides is 3. The minimum atomic E-state index is -4.77. The predicted molar refractivity (Wildman–Crippen MR) is 125 cm³/mol. The molecule has 1 atom stereocenters. The smallest absolute Gasteiger partial charge is 0.451 e. The van der Waals surface area contributed by atoms with E-state index in [1.807, 2.05) is 12.1 Å². The number of nitrogens with zero attached hydrogens (tertiary/aromatic N) is 5. The van der Waals surface area contributed by atoms with E-state index >= 15 is 0 Å². The average Bonchev–Trinajstić information content (AvgIpc) is 3.38. The first-order chi connectivity index (χ1) is 17.3. The Labute approximate surface area is 205 Å². The second-order valence-electron chi connectivity index (χ2n) is 8.21. The quantitative estimate of drug-likeness (QED) is 0.531. The molecule has 1 N–H and O–H groups in total. The van der Waals surface area contributed by atoms with Gasteiger partial charge in [-0.05, 0) is 43.0 Å². The molecule has 0 aliphatic carbocycles. The van der Waals surface area contributed by atoms with Crippen LogP contribution in [-0.4, -0.2) is 47.1 Å². The van der Waals surface area contributed by atoms with Crippen LogP contribution in [0.4, 0.5) is 19.0 Å². The molecule has 1 saturated heterocycles. The lowest BCUT2D eigenvalue weighted by Crippen LogP contribution is -2.44. The van der Waals surface area contributed by atoms with Crippen LogP contribution in [0.1, 0.15) is 29.8 Å². The van der Waals surface area contributed by atoms with E-state index in [-0.39, 0.29) is 23.2 Å². The lowest BCUT2D eigenvalue weighted by Gasteiger charge is -2.26. The van der Waals surface area contributed by atoms with Crippen molar-refractivity contribution in [2.45, 2.75) is 31.5 Å². The summed E-state index contributed by atoms with van der Waals surface area (Å²) in [6, 6.07) is 11.4. The molecule has 11 heteroatoms. The summed E-state index contributed by atoms with van der Waals surface area (Å²) in [5, 5.41) is 11.8. The number of halogens is 3. The Bertz CT molecular complexity index is 1270. The van der Waals surface area contributed by atoms with Gasteiger partial charge in [0, 0.05) is 30.9 Å². The highest BCUT2D eigenvalue weighted by atomic mass is 19.4. The summed E-state index contributed by atoms with van der Waals surface area (Å²) >= 11 is 0. The number of nitriles is 1. The van der Waals surface area contributed by atoms with Gasteiger partial charge in [0.05, 0.1) is 30.6 Å². The van der Waals surface area contributed by atoms with Gasteiger partial charge in [0.1, 0.15) is 17.6 Å². The fraction of sp³-hybridized carbons (Fsp3) is 0.320. The van der Waals surface area contributed by atoms with E-state index in [1.54, 1.807) is 17.0 Å². The number of benzene rings is 1. The van der Waals surface area contributed by atoms with E-state index < -0.39 is 18.0 Å². The normalized spacial score (nSPS) is 15.4. The molecule has 3 heterocycles. The van der Waals surface area contributed by atoms with Crippen molar-refractivity contribution < 1.29 is 22.7 Å². The maximum Gasteiger partial charge on any atom is 0.451 e. The number of anilines is 1. The van der Waals surface area contributed by atoms with Crippen molar-refractivity contribution in [1.29, 1.82) is 5.26 Å². The lowest BCUT2D eigenvalue weighted by atomic mass is 10.1. The van der Waals surface area contributed by atoms with E-state index in [4.69, 9.17) is 10.00 Å². The number of rotatable bonds is 7. The Morgan fingerprint density at radius 2 is 2.03 bits per heavy atom. The molecule has 1 unspecified atom stereocenters. The van der Waals surface area contributed by atoms with Gasteiger partial charge >= 0.3 is 6.18 Å². The Morgan fingerprint density at radius 3 is 2.72 bits per heavy atom. The monoisotopic (exact) mass is 496 g/mol. The maximum absolute atomic E-state index is 13.7. The SMILES string of the molecule is COc1cnccc1-c1cc(N2CCCC2C(=O)NCCc2ccc(C#N)cc2)nc(C(F)(F)F)n1. The van der Waals surface area contributed by atoms with Crippen LogP contribution in [0.3, 0.4) is 0 Å². The van der Waals surface area contributed by atoms with Crippen LogP contribution in [0, 0.1) is 11.3 Å². The summed E-state index contributed by atoms with van der Waals surface area (Å²) in [6.07, 6.45) is -0.266. The number of aromatic nitrogens is 3. The van der Waals surface area contributed by atoms with Gasteiger partial charge in [-0.25, -0.2) is 9.97 Å². The molecule has 1 amide bonds. The summed E-state index contributed by atoms with van der Waals surface area (Å²) in [5.74, 6) is -1.28. The lowest BCUT2D eigenvalue weighted by molar-refractivity contribution is -0.144. The second kappa shape index (κ2) is 10.6. The van der Waals surface area contributed by atoms with E-state index in [2.05, 4.69) is 26.3 Å². The zero-order valence-electron chi connectivity index (χ0n) is 19.4. The molecule has 1 aliphatic rings. The molecule has 4 rings (SSSR count). The van der Waals surface area contributed by atoms with Crippen molar-refractivity contribution in [3.63, 3.8) is 0 Å². The second-order valence-corrected chi connectivity index (χ2v) is 8.21. The highest BCUT2D eigenvalue weighted by Crippen LogP contribution is 2.35. The molecule has 186 valence electrons. The van der Waals surface area contributed by atoms with Crippen LogP contribution in [0.2, 0.25) is 0 Å². The molecule has 2 aromatic heterocycles. The summed E-state index contributed by atoms with van der Waals surface area (Å²) in [5.41, 5.74) is 1.87. The Hall–Kier alpha value is -4.20. The minimum absolute atomic E-state index is 0.0240. The van der Waals surface area contributed by atoms with Crippen molar-refractivity contribution in [1.82, 2.24) is 20.3 Å². The number of carbonyl (C=O) groups is 1. The number of carbonyl (C=O) groups excluding carboxylic acids is 1. The largest absolute Gasteiger partial charge is 0.494 e. The third-order valence-corrected chi connectivity index (χ3v) is 5.89. The van der Waals surface area contributed by atoms with Gasteiger partial charge in [-0.3, -0.25) is 9.78 Å².